The zero-order valence-corrected chi connectivity index (χ0v) is 16.3. The summed E-state index contributed by atoms with van der Waals surface area (Å²) in [5.41, 5.74) is 4.52. The molecule has 0 amide bonds. The van der Waals surface area contributed by atoms with E-state index in [1.807, 2.05) is 18.2 Å². The largest absolute Gasteiger partial charge is 0.522 e. The molecule has 3 rings (SSSR count). The van der Waals surface area contributed by atoms with Gasteiger partial charge in [0.25, 0.3) is 0 Å². The normalized spacial score (nSPS) is 19.3. The molecule has 2 aromatic carbocycles. The van der Waals surface area contributed by atoms with Gasteiger partial charge >= 0.3 is 6.36 Å². The first-order chi connectivity index (χ1) is 13.9. The second-order valence-electron chi connectivity index (χ2n) is 7.41. The molecule has 0 bridgehead atoms. The fourth-order valence-corrected chi connectivity index (χ4v) is 3.58. The van der Waals surface area contributed by atoms with Crippen molar-refractivity contribution in [2.75, 3.05) is 0 Å². The van der Waals surface area contributed by atoms with Gasteiger partial charge in [-0.05, 0) is 67.3 Å². The molecule has 0 N–H and O–H groups in total. The summed E-state index contributed by atoms with van der Waals surface area (Å²) >= 11 is 0. The fourth-order valence-electron chi connectivity index (χ4n) is 3.58. The van der Waals surface area contributed by atoms with Crippen LogP contribution in [0, 0.1) is 17.8 Å². The summed E-state index contributed by atoms with van der Waals surface area (Å²) in [6.07, 6.45) is 0.726. The second kappa shape index (κ2) is 9.80. The van der Waals surface area contributed by atoms with Crippen molar-refractivity contribution in [2.45, 2.75) is 51.0 Å². The molecule has 0 spiro atoms. The smallest absolute Gasteiger partial charge is 0.289 e. The molecule has 1 fully saturated rings. The summed E-state index contributed by atoms with van der Waals surface area (Å²) < 4.78 is 41.0. The Morgan fingerprint density at radius 1 is 0.931 bits per heavy atom. The Balaban J connectivity index is 1.54. The van der Waals surface area contributed by atoms with E-state index in [9.17, 15) is 13.2 Å². The summed E-state index contributed by atoms with van der Waals surface area (Å²) in [6, 6.07) is 16.6. The van der Waals surface area contributed by atoms with Crippen molar-refractivity contribution >= 4 is 0 Å². The van der Waals surface area contributed by atoms with Crippen LogP contribution in [0.15, 0.2) is 61.2 Å². The predicted molar refractivity (Wildman–Crippen MR) is 110 cm³/mol. The predicted octanol–water partition coefficient (Wildman–Crippen LogP) is 6.92. The minimum atomic E-state index is -4.54. The molecular formula is C25H25F3O. The van der Waals surface area contributed by atoms with E-state index in [0.717, 1.165) is 29.5 Å². The Bertz CT molecular complexity index is 846. The number of hydrogen-bond acceptors (Lipinski definition) is 1. The van der Waals surface area contributed by atoms with Gasteiger partial charge in [0, 0.05) is 11.5 Å². The lowest BCUT2D eigenvalue weighted by Gasteiger charge is -2.26. The number of alkyl halides is 3. The van der Waals surface area contributed by atoms with Gasteiger partial charge < -0.3 is 0 Å². The highest BCUT2D eigenvalue weighted by molar-refractivity contribution is 5.64. The molecule has 0 heterocycles. The third-order valence-electron chi connectivity index (χ3n) is 5.20. The quantitative estimate of drug-likeness (QED) is 0.392. The lowest BCUT2D eigenvalue weighted by molar-refractivity contribution is -0.345. The van der Waals surface area contributed by atoms with E-state index in [4.69, 9.17) is 0 Å². The van der Waals surface area contributed by atoms with Crippen molar-refractivity contribution in [2.24, 2.45) is 5.92 Å². The van der Waals surface area contributed by atoms with Gasteiger partial charge in [-0.2, -0.15) is 0 Å². The molecule has 152 valence electrons. The molecule has 1 aliphatic rings. The van der Waals surface area contributed by atoms with Gasteiger partial charge in [-0.25, -0.2) is 0 Å². The number of hydrogen-bond donors (Lipinski definition) is 0. The van der Waals surface area contributed by atoms with E-state index in [2.05, 4.69) is 59.6 Å². The molecule has 2 aromatic rings. The van der Waals surface area contributed by atoms with E-state index < -0.39 is 12.5 Å². The monoisotopic (exact) mass is 398 g/mol. The topological polar surface area (TPSA) is 9.23 Å². The second-order valence-corrected chi connectivity index (χ2v) is 7.41. The van der Waals surface area contributed by atoms with Crippen LogP contribution in [0.25, 0.3) is 11.1 Å². The third kappa shape index (κ3) is 6.80. The van der Waals surface area contributed by atoms with Crippen LogP contribution in [-0.2, 0) is 11.2 Å². The molecule has 29 heavy (non-hydrogen) atoms. The Kier molecular flexibility index (Phi) is 7.17. The highest BCUT2D eigenvalue weighted by Gasteiger charge is 2.35. The molecule has 0 radical (unpaired) electrons. The first kappa shape index (κ1) is 21.2. The van der Waals surface area contributed by atoms with Crippen molar-refractivity contribution in [1.82, 2.24) is 0 Å². The molecule has 0 aliphatic heterocycles. The molecular weight excluding hydrogens is 373 g/mol. The Morgan fingerprint density at radius 3 is 2.07 bits per heavy atom. The van der Waals surface area contributed by atoms with Crippen molar-refractivity contribution in [3.8, 4) is 23.0 Å². The first-order valence-corrected chi connectivity index (χ1v) is 9.99. The zero-order chi connectivity index (χ0) is 20.7. The van der Waals surface area contributed by atoms with Crippen LogP contribution in [-0.4, -0.2) is 12.5 Å². The van der Waals surface area contributed by atoms with Gasteiger partial charge in [-0.3, -0.25) is 4.74 Å². The molecule has 0 saturated heterocycles. The van der Waals surface area contributed by atoms with Gasteiger partial charge in [0.05, 0.1) is 6.10 Å². The van der Waals surface area contributed by atoms with Gasteiger partial charge in [-0.1, -0.05) is 54.3 Å². The van der Waals surface area contributed by atoms with Crippen LogP contribution in [0.5, 0.6) is 0 Å². The molecule has 1 saturated carbocycles. The maximum absolute atomic E-state index is 12.3. The number of aryl methyl sites for hydroxylation is 1. The summed E-state index contributed by atoms with van der Waals surface area (Å²) in [5.74, 6) is 6.51. The Hall–Kier alpha value is -2.51. The minimum Gasteiger partial charge on any atom is -0.289 e. The van der Waals surface area contributed by atoms with Crippen LogP contribution in [0.1, 0.15) is 43.2 Å². The number of benzene rings is 2. The molecule has 1 aliphatic carbocycles. The average Bonchev–Trinajstić information content (AvgIpc) is 2.71. The van der Waals surface area contributed by atoms with Gasteiger partial charge in [-0.15, -0.1) is 19.8 Å². The molecule has 0 unspecified atom stereocenters. The Morgan fingerprint density at radius 2 is 1.52 bits per heavy atom. The fraction of sp³-hybridized carbons (Fsp3) is 0.360. The van der Waals surface area contributed by atoms with Gasteiger partial charge in [0.2, 0.25) is 0 Å². The summed E-state index contributed by atoms with van der Waals surface area (Å²) in [5, 5.41) is 0. The summed E-state index contributed by atoms with van der Waals surface area (Å²) in [6.45, 7) is 3.75. The van der Waals surface area contributed by atoms with Crippen LogP contribution in [0.4, 0.5) is 13.2 Å². The maximum atomic E-state index is 12.3. The van der Waals surface area contributed by atoms with E-state index in [1.54, 1.807) is 0 Å². The van der Waals surface area contributed by atoms with Crippen LogP contribution in [0.3, 0.4) is 0 Å². The van der Waals surface area contributed by atoms with Crippen molar-refractivity contribution in [1.29, 1.82) is 0 Å². The highest BCUT2D eigenvalue weighted by atomic mass is 19.4. The summed E-state index contributed by atoms with van der Waals surface area (Å²) in [4.78, 5) is 0. The maximum Gasteiger partial charge on any atom is 0.522 e. The molecule has 0 aromatic heterocycles. The summed E-state index contributed by atoms with van der Waals surface area (Å²) in [7, 11) is 0. The van der Waals surface area contributed by atoms with E-state index in [0.29, 0.717) is 25.7 Å². The van der Waals surface area contributed by atoms with E-state index in [1.165, 1.54) is 5.56 Å². The van der Waals surface area contributed by atoms with Gasteiger partial charge in [0.15, 0.2) is 0 Å². The van der Waals surface area contributed by atoms with Crippen LogP contribution < -0.4 is 0 Å². The average molecular weight is 398 g/mol. The van der Waals surface area contributed by atoms with Crippen molar-refractivity contribution in [3.63, 3.8) is 0 Å². The van der Waals surface area contributed by atoms with Crippen LogP contribution >= 0.6 is 0 Å². The number of rotatable bonds is 5. The lowest BCUT2D eigenvalue weighted by atomic mass is 9.87. The zero-order valence-electron chi connectivity index (χ0n) is 16.3. The van der Waals surface area contributed by atoms with Gasteiger partial charge in [0.1, 0.15) is 0 Å². The molecule has 0 atom stereocenters. The SMILES string of the molecule is C=CCCc1ccc(-c2ccc(C#CC3CCC(OC(F)(F)F)CC3)cc2)cc1. The number of allylic oxidation sites excluding steroid dienone is 1. The number of halogens is 3. The Labute approximate surface area is 170 Å². The standard InChI is InChI=1S/C25H25F3O/c1-2-3-4-19-7-13-22(14-8-19)23-15-9-20(10-16-23)5-6-21-11-17-24(18-12-21)29-25(26,27)28/h2,7-10,13-16,21,24H,1,3-4,11-12,17-18H2. The number of ether oxygens (including phenoxy) is 1. The minimum absolute atomic E-state index is 0.130. The lowest BCUT2D eigenvalue weighted by Crippen LogP contribution is -2.27. The third-order valence-corrected chi connectivity index (χ3v) is 5.20. The molecule has 4 heteroatoms. The highest BCUT2D eigenvalue weighted by Crippen LogP contribution is 2.30. The van der Waals surface area contributed by atoms with E-state index >= 15 is 0 Å². The van der Waals surface area contributed by atoms with E-state index in [-0.39, 0.29) is 5.92 Å². The van der Waals surface area contributed by atoms with Crippen molar-refractivity contribution < 1.29 is 17.9 Å². The first-order valence-electron chi connectivity index (χ1n) is 9.99. The molecule has 1 nitrogen and oxygen atoms in total. The van der Waals surface area contributed by atoms with Crippen LogP contribution in [0.2, 0.25) is 0 Å². The van der Waals surface area contributed by atoms with Crippen molar-refractivity contribution in [3.05, 3.63) is 72.3 Å².